The molecule has 0 aromatic heterocycles. The number of hydrogen-bond donors (Lipinski definition) is 1. The Kier molecular flexibility index (Phi) is 6.36. The third-order valence-corrected chi connectivity index (χ3v) is 9.26. The van der Waals surface area contributed by atoms with E-state index in [-0.39, 0.29) is 28.1 Å². The molecule has 1 saturated heterocycles. The van der Waals surface area contributed by atoms with Gasteiger partial charge in [0.2, 0.25) is 5.91 Å². The number of nitrogens with one attached hydrogen (secondary N) is 1. The Bertz CT molecular complexity index is 1850. The SMILES string of the molecule is COc1ccc(C(=O)[C@@H]2[C@@H](C(=O)c3ccccc3Cl)[C@@]3(C(=O)Nc4ccccc43)[C@H]3c4ccccc4C=CN23)cc1OC. The molecular formula is C35H27ClN2O5. The van der Waals surface area contributed by atoms with Crippen molar-refractivity contribution in [3.63, 3.8) is 0 Å². The molecule has 8 heteroatoms. The summed E-state index contributed by atoms with van der Waals surface area (Å²) in [6.45, 7) is 0. The summed E-state index contributed by atoms with van der Waals surface area (Å²) in [5, 5.41) is 3.31. The maximum Gasteiger partial charge on any atom is 0.238 e. The molecular weight excluding hydrogens is 564 g/mol. The second-order valence-electron chi connectivity index (χ2n) is 10.9. The van der Waals surface area contributed by atoms with Gasteiger partial charge < -0.3 is 19.7 Å². The maximum atomic E-state index is 14.9. The van der Waals surface area contributed by atoms with Crippen molar-refractivity contribution >= 4 is 40.8 Å². The molecule has 0 bridgehead atoms. The summed E-state index contributed by atoms with van der Waals surface area (Å²) in [4.78, 5) is 46.1. The lowest BCUT2D eigenvalue weighted by Crippen LogP contribution is -2.49. The average molecular weight is 591 g/mol. The number of para-hydroxylation sites is 1. The van der Waals surface area contributed by atoms with Crippen molar-refractivity contribution in [1.29, 1.82) is 0 Å². The highest BCUT2D eigenvalue weighted by molar-refractivity contribution is 6.34. The number of methoxy groups -OCH3 is 2. The van der Waals surface area contributed by atoms with Gasteiger partial charge in [0.25, 0.3) is 0 Å². The van der Waals surface area contributed by atoms with E-state index in [1.54, 1.807) is 42.5 Å². The van der Waals surface area contributed by atoms with Crippen molar-refractivity contribution in [2.45, 2.75) is 17.5 Å². The Hall–Kier alpha value is -4.88. The number of anilines is 1. The van der Waals surface area contributed by atoms with Crippen molar-refractivity contribution in [3.8, 4) is 11.5 Å². The van der Waals surface area contributed by atoms with Gasteiger partial charge >= 0.3 is 0 Å². The molecule has 1 N–H and O–H groups in total. The minimum absolute atomic E-state index is 0.257. The van der Waals surface area contributed by atoms with E-state index in [1.165, 1.54) is 14.2 Å². The van der Waals surface area contributed by atoms with Crippen LogP contribution in [0.3, 0.4) is 0 Å². The van der Waals surface area contributed by atoms with Crippen LogP contribution in [-0.4, -0.2) is 42.6 Å². The number of Topliss-reactive ketones (excluding diaryl/α,β-unsaturated/α-hetero) is 2. The average Bonchev–Trinajstić information content (AvgIpc) is 3.52. The minimum atomic E-state index is -1.44. The second kappa shape index (κ2) is 10.1. The zero-order valence-electron chi connectivity index (χ0n) is 23.4. The van der Waals surface area contributed by atoms with Crippen LogP contribution in [0.25, 0.3) is 6.08 Å². The van der Waals surface area contributed by atoms with Crippen LogP contribution in [0.1, 0.15) is 43.4 Å². The van der Waals surface area contributed by atoms with Gasteiger partial charge in [-0.05, 0) is 59.2 Å². The second-order valence-corrected chi connectivity index (χ2v) is 11.3. The predicted octanol–water partition coefficient (Wildman–Crippen LogP) is 6.34. The molecule has 3 aliphatic rings. The first-order valence-electron chi connectivity index (χ1n) is 13.9. The van der Waals surface area contributed by atoms with Crippen molar-refractivity contribution in [3.05, 3.63) is 130 Å². The molecule has 3 heterocycles. The predicted molar refractivity (Wildman–Crippen MR) is 164 cm³/mol. The number of rotatable bonds is 6. The Labute approximate surface area is 253 Å². The number of halogens is 1. The van der Waals surface area contributed by atoms with E-state index in [1.807, 2.05) is 65.7 Å². The van der Waals surface area contributed by atoms with Crippen LogP contribution in [0.15, 0.2) is 97.2 Å². The smallest absolute Gasteiger partial charge is 0.238 e. The summed E-state index contributed by atoms with van der Waals surface area (Å²) in [5.74, 6) is -1.31. The van der Waals surface area contributed by atoms with Gasteiger partial charge in [0.15, 0.2) is 23.1 Å². The number of carbonyl (C=O) groups is 3. The standard InChI is InChI=1S/C35H27ClN2O5/c1-42-27-16-15-21(19-28(27)43-2)31(39)30-29(32(40)23-11-5-7-13-25(23)36)35(24-12-6-8-14-26(24)37-34(35)41)33-22-10-4-3-9-20(22)17-18-38(30)33/h3-19,29-30,33H,1-2H3,(H,37,41)/t29-,30-,33+,35+/m0/s1. The van der Waals surface area contributed by atoms with Gasteiger partial charge in [-0.1, -0.05) is 66.2 Å². The molecule has 4 aromatic carbocycles. The van der Waals surface area contributed by atoms with Crippen LogP contribution in [0.4, 0.5) is 5.69 Å². The first-order valence-corrected chi connectivity index (χ1v) is 14.3. The summed E-state index contributed by atoms with van der Waals surface area (Å²) < 4.78 is 10.9. The Morgan fingerprint density at radius 2 is 1.58 bits per heavy atom. The molecule has 1 fully saturated rings. The van der Waals surface area contributed by atoms with Crippen LogP contribution in [0.5, 0.6) is 11.5 Å². The summed E-state index contributed by atoms with van der Waals surface area (Å²) in [7, 11) is 3.02. The fourth-order valence-electron chi connectivity index (χ4n) is 7.16. The van der Waals surface area contributed by atoms with E-state index in [0.29, 0.717) is 28.3 Å². The van der Waals surface area contributed by atoms with Crippen LogP contribution in [0, 0.1) is 5.92 Å². The molecule has 7 rings (SSSR count). The van der Waals surface area contributed by atoms with Gasteiger partial charge in [0.05, 0.1) is 31.2 Å². The van der Waals surface area contributed by atoms with E-state index in [2.05, 4.69) is 5.32 Å². The molecule has 214 valence electrons. The number of nitrogens with zero attached hydrogens (tertiary/aromatic N) is 1. The number of benzene rings is 4. The third kappa shape index (κ3) is 3.78. The van der Waals surface area contributed by atoms with Crippen molar-refractivity contribution in [2.75, 3.05) is 19.5 Å². The summed E-state index contributed by atoms with van der Waals surface area (Å²) in [6, 6.07) is 25.2. The molecule has 4 atom stereocenters. The number of carbonyl (C=O) groups excluding carboxylic acids is 3. The van der Waals surface area contributed by atoms with Gasteiger partial charge in [-0.3, -0.25) is 14.4 Å². The summed E-state index contributed by atoms with van der Waals surface area (Å²) in [6.07, 6.45) is 3.77. The van der Waals surface area contributed by atoms with Crippen LogP contribution in [0.2, 0.25) is 5.02 Å². The lowest BCUT2D eigenvalue weighted by Gasteiger charge is -2.38. The molecule has 0 radical (unpaired) electrons. The van der Waals surface area contributed by atoms with Crippen molar-refractivity contribution in [1.82, 2.24) is 4.90 Å². The summed E-state index contributed by atoms with van der Waals surface area (Å²) >= 11 is 6.62. The molecule has 3 aliphatic heterocycles. The number of ketones is 2. The van der Waals surface area contributed by atoms with Gasteiger partial charge in [-0.25, -0.2) is 0 Å². The van der Waals surface area contributed by atoms with Crippen LogP contribution in [-0.2, 0) is 10.2 Å². The lowest BCUT2D eigenvalue weighted by atomic mass is 9.62. The quantitative estimate of drug-likeness (QED) is 0.264. The van der Waals surface area contributed by atoms with Gasteiger partial charge in [-0.15, -0.1) is 0 Å². The fourth-order valence-corrected chi connectivity index (χ4v) is 7.39. The minimum Gasteiger partial charge on any atom is -0.493 e. The number of amides is 1. The third-order valence-electron chi connectivity index (χ3n) is 8.93. The Balaban J connectivity index is 1.53. The Morgan fingerprint density at radius 3 is 2.37 bits per heavy atom. The molecule has 1 spiro atoms. The number of hydrogen-bond acceptors (Lipinski definition) is 6. The highest BCUT2D eigenvalue weighted by Gasteiger charge is 2.70. The monoisotopic (exact) mass is 590 g/mol. The molecule has 0 aliphatic carbocycles. The van der Waals surface area contributed by atoms with Crippen LogP contribution < -0.4 is 14.8 Å². The van der Waals surface area contributed by atoms with Crippen LogP contribution >= 0.6 is 11.6 Å². The first-order chi connectivity index (χ1) is 20.9. The number of fused-ring (bicyclic) bond motifs is 6. The highest BCUT2D eigenvalue weighted by atomic mass is 35.5. The van der Waals surface area contributed by atoms with E-state index < -0.39 is 23.4 Å². The van der Waals surface area contributed by atoms with Gasteiger partial charge in [-0.2, -0.15) is 0 Å². The zero-order valence-corrected chi connectivity index (χ0v) is 24.2. The molecule has 4 aromatic rings. The van der Waals surface area contributed by atoms with Gasteiger partial charge in [0.1, 0.15) is 11.5 Å². The zero-order chi connectivity index (χ0) is 29.9. The Morgan fingerprint density at radius 1 is 0.860 bits per heavy atom. The first kappa shape index (κ1) is 27.0. The maximum absolute atomic E-state index is 14.9. The highest BCUT2D eigenvalue weighted by Crippen LogP contribution is 2.62. The van der Waals surface area contributed by atoms with Gasteiger partial charge in [0, 0.05) is 23.0 Å². The molecule has 0 saturated carbocycles. The van der Waals surface area contributed by atoms with E-state index in [0.717, 1.165) is 11.1 Å². The normalized spacial score (nSPS) is 22.9. The molecule has 43 heavy (non-hydrogen) atoms. The topological polar surface area (TPSA) is 84.9 Å². The number of ether oxygens (including phenoxy) is 2. The molecule has 1 amide bonds. The van der Waals surface area contributed by atoms with Crippen molar-refractivity contribution < 1.29 is 23.9 Å². The fraction of sp³-hybridized carbons (Fsp3) is 0.171. The van der Waals surface area contributed by atoms with E-state index >= 15 is 0 Å². The van der Waals surface area contributed by atoms with E-state index in [4.69, 9.17) is 21.1 Å². The largest absolute Gasteiger partial charge is 0.493 e. The lowest BCUT2D eigenvalue weighted by molar-refractivity contribution is -0.122. The van der Waals surface area contributed by atoms with Crippen molar-refractivity contribution in [2.24, 2.45) is 5.92 Å². The molecule has 0 unspecified atom stereocenters. The summed E-state index contributed by atoms with van der Waals surface area (Å²) in [5.41, 5.74) is 2.22. The van der Waals surface area contributed by atoms with E-state index in [9.17, 15) is 14.4 Å². The molecule has 7 nitrogen and oxygen atoms in total.